The molecule has 5 nitrogen and oxygen atoms in total. The fraction of sp³-hybridized carbons (Fsp3) is 0. The molecule has 0 spiro atoms. The van der Waals surface area contributed by atoms with Gasteiger partial charge < -0.3 is 13.7 Å². The van der Waals surface area contributed by atoms with E-state index in [-0.39, 0.29) is 17.1 Å². The number of nitrogens with zero attached hydrogens (tertiary/aromatic N) is 5. The number of hydrogen-bond donors (Lipinski definition) is 0. The van der Waals surface area contributed by atoms with Crippen LogP contribution in [0.25, 0.3) is 128 Å². The predicted octanol–water partition coefficient (Wildman–Crippen LogP) is 16.4. The lowest BCUT2D eigenvalue weighted by molar-refractivity contribution is 1.05. The molecule has 69 heavy (non-hydrogen) atoms. The zero-order valence-corrected chi connectivity index (χ0v) is 36.7. The summed E-state index contributed by atoms with van der Waals surface area (Å²) in [5.74, 6) is 0.262. The van der Waals surface area contributed by atoms with Crippen molar-refractivity contribution in [3.05, 3.63) is 249 Å². The fourth-order valence-corrected chi connectivity index (χ4v) is 10.2. The summed E-state index contributed by atoms with van der Waals surface area (Å²) in [6.45, 7) is 0. The van der Waals surface area contributed by atoms with Crippen LogP contribution in [0.1, 0.15) is 12.3 Å². The van der Waals surface area contributed by atoms with E-state index in [1.165, 1.54) is 0 Å². The van der Waals surface area contributed by atoms with Crippen molar-refractivity contribution in [1.82, 2.24) is 23.7 Å². The smallest absolute Gasteiger partial charge is 0.160 e. The van der Waals surface area contributed by atoms with Crippen LogP contribution in [0.15, 0.2) is 249 Å². The lowest BCUT2D eigenvalue weighted by Gasteiger charge is -2.23. The molecule has 0 aliphatic rings. The van der Waals surface area contributed by atoms with Gasteiger partial charge in [-0.15, -0.1) is 0 Å². The van der Waals surface area contributed by atoms with Crippen LogP contribution in [0.2, 0.25) is 0 Å². The third-order valence-electron chi connectivity index (χ3n) is 13.2. The van der Waals surface area contributed by atoms with Crippen LogP contribution in [0.5, 0.6) is 0 Å². The molecule has 0 atom stereocenters. The highest BCUT2D eigenvalue weighted by molar-refractivity contribution is 6.14. The van der Waals surface area contributed by atoms with Gasteiger partial charge in [-0.1, -0.05) is 194 Å². The second-order valence-electron chi connectivity index (χ2n) is 17.1. The van der Waals surface area contributed by atoms with Crippen molar-refractivity contribution in [2.24, 2.45) is 0 Å². The van der Waals surface area contributed by atoms with Gasteiger partial charge in [0.25, 0.3) is 0 Å². The Balaban J connectivity index is 1.15. The molecule has 5 heteroatoms. The van der Waals surface area contributed by atoms with Crippen molar-refractivity contribution in [2.45, 2.75) is 0 Å². The van der Waals surface area contributed by atoms with E-state index in [4.69, 9.17) is 16.8 Å². The molecule has 0 saturated carbocycles. The van der Waals surface area contributed by atoms with Gasteiger partial charge in [-0.25, -0.2) is 9.97 Å². The molecule has 14 aromatic rings. The molecule has 0 saturated heterocycles. The van der Waals surface area contributed by atoms with Crippen molar-refractivity contribution in [2.75, 3.05) is 0 Å². The zero-order valence-electron chi connectivity index (χ0n) is 45.7. The van der Waals surface area contributed by atoms with Gasteiger partial charge in [0, 0.05) is 49.0 Å². The minimum Gasteiger partial charge on any atom is -0.307 e. The molecule has 0 aliphatic carbocycles. The summed E-state index contributed by atoms with van der Waals surface area (Å²) in [5, 5.41) is 6.44. The van der Waals surface area contributed by atoms with Crippen molar-refractivity contribution in [3.63, 3.8) is 0 Å². The average molecular weight is 889 g/mol. The average Bonchev–Trinajstić information content (AvgIpc) is 4.32. The summed E-state index contributed by atoms with van der Waals surface area (Å²) >= 11 is 0. The van der Waals surface area contributed by atoms with E-state index in [0.29, 0.717) is 16.8 Å². The molecule has 0 unspecified atom stereocenters. The first-order valence-corrected chi connectivity index (χ1v) is 22.8. The normalized spacial score (nSPS) is 13.6. The monoisotopic (exact) mass is 888 g/mol. The van der Waals surface area contributed by atoms with E-state index in [0.717, 1.165) is 82.5 Å². The van der Waals surface area contributed by atoms with Crippen molar-refractivity contribution in [3.8, 4) is 62.1 Å². The van der Waals surface area contributed by atoms with Crippen LogP contribution < -0.4 is 0 Å². The molecular weight excluding hydrogens is 839 g/mol. The molecule has 0 N–H and O–H groups in total. The summed E-state index contributed by atoms with van der Waals surface area (Å²) in [6, 6.07) is 60.6. The van der Waals surface area contributed by atoms with Gasteiger partial charge in [0.15, 0.2) is 5.82 Å². The number of fused-ring (bicyclic) bond motifs is 9. The Kier molecular flexibility index (Phi) is 6.99. The number of rotatable bonds is 7. The molecule has 0 radical (unpaired) electrons. The lowest BCUT2D eigenvalue weighted by Crippen LogP contribution is -2.10. The molecule has 0 amide bonds. The maximum absolute atomic E-state index is 9.59. The maximum atomic E-state index is 9.59. The van der Waals surface area contributed by atoms with E-state index in [1.807, 2.05) is 30.3 Å². The second kappa shape index (κ2) is 15.7. The Morgan fingerprint density at radius 1 is 0.290 bits per heavy atom. The van der Waals surface area contributed by atoms with E-state index >= 15 is 0 Å². The van der Waals surface area contributed by atoms with Crippen LogP contribution in [0.3, 0.4) is 0 Å². The van der Waals surface area contributed by atoms with Crippen LogP contribution >= 0.6 is 0 Å². The van der Waals surface area contributed by atoms with Gasteiger partial charge in [-0.3, -0.25) is 0 Å². The van der Waals surface area contributed by atoms with Gasteiger partial charge in [-0.05, 0) is 65.7 Å². The standard InChI is InChI=1S/C64H41N5/c1-3-19-42(20-4-1)43-35-37-44(38-36-43)53-41-54(66-64(65-53)45-21-5-2-6-22-45)46-39-61(67-55-29-13-7-23-47(55)48-24-8-14-30-56(48)67)63(69-59-33-17-11-27-51(59)52-28-12-18-34-60(52)69)62(40-46)68-57-31-15-9-25-49(57)50-26-10-16-32-58(50)68/h1-41H/i1D,3D,4D,19D,20D,35D,36D,37D,38D. The Labute approximate surface area is 410 Å². The predicted molar refractivity (Wildman–Crippen MR) is 287 cm³/mol. The molecule has 4 heterocycles. The number of para-hydroxylation sites is 6. The lowest BCUT2D eigenvalue weighted by atomic mass is 10.0. The quantitative estimate of drug-likeness (QED) is 0.160. The number of benzene rings is 10. The van der Waals surface area contributed by atoms with Crippen LogP contribution in [-0.2, 0) is 0 Å². The van der Waals surface area contributed by atoms with E-state index in [1.54, 1.807) is 6.07 Å². The molecule has 0 bridgehead atoms. The molecule has 14 rings (SSSR count). The summed E-state index contributed by atoms with van der Waals surface area (Å²) in [6.07, 6.45) is 0. The SMILES string of the molecule is [2H]c1c([2H])c([2H])c(-c2c([2H])c([2H])c(-c3cc(-c4cc(-n5c6ccccc6c6ccccc65)c(-n5c6ccccc6c6ccccc65)c(-n5c6ccccc6c6ccccc65)c4)nc(-c4ccccc4)n3)c([2H])c2[2H])c([2H])c1[2H]. The van der Waals surface area contributed by atoms with Gasteiger partial charge in [0.1, 0.15) is 0 Å². The van der Waals surface area contributed by atoms with E-state index in [9.17, 15) is 5.48 Å². The van der Waals surface area contributed by atoms with Crippen molar-refractivity contribution < 1.29 is 12.3 Å². The minimum atomic E-state index is -0.649. The van der Waals surface area contributed by atoms with Crippen LogP contribution in [0.4, 0.5) is 0 Å². The summed E-state index contributed by atoms with van der Waals surface area (Å²) in [4.78, 5) is 10.4. The Hall–Kier alpha value is -9.32. The first-order valence-electron chi connectivity index (χ1n) is 27.3. The van der Waals surface area contributed by atoms with E-state index < -0.39 is 65.5 Å². The molecule has 0 aliphatic heterocycles. The number of hydrogen-bond acceptors (Lipinski definition) is 2. The van der Waals surface area contributed by atoms with E-state index in [2.05, 4.69) is 171 Å². The number of aromatic nitrogens is 5. The Morgan fingerprint density at radius 3 is 1.07 bits per heavy atom. The minimum absolute atomic E-state index is 0.0896. The van der Waals surface area contributed by atoms with Crippen molar-refractivity contribution >= 4 is 65.4 Å². The van der Waals surface area contributed by atoms with Gasteiger partial charge in [-0.2, -0.15) is 0 Å². The zero-order chi connectivity index (χ0) is 53.2. The summed E-state index contributed by atoms with van der Waals surface area (Å²) in [5.41, 5.74) is 9.26. The summed E-state index contributed by atoms with van der Waals surface area (Å²) < 4.78 is 87.4. The van der Waals surface area contributed by atoms with Crippen LogP contribution in [-0.4, -0.2) is 23.7 Å². The third-order valence-corrected chi connectivity index (χ3v) is 13.2. The second-order valence-corrected chi connectivity index (χ2v) is 17.1. The highest BCUT2D eigenvalue weighted by atomic mass is 15.1. The largest absolute Gasteiger partial charge is 0.307 e. The fourth-order valence-electron chi connectivity index (χ4n) is 10.2. The topological polar surface area (TPSA) is 40.6 Å². The molecule has 4 aromatic heterocycles. The third kappa shape index (κ3) is 6.18. The van der Waals surface area contributed by atoms with Crippen molar-refractivity contribution in [1.29, 1.82) is 0 Å². The van der Waals surface area contributed by atoms with Gasteiger partial charge in [0.2, 0.25) is 0 Å². The summed E-state index contributed by atoms with van der Waals surface area (Å²) in [7, 11) is 0. The molecule has 322 valence electrons. The first kappa shape index (κ1) is 30.8. The highest BCUT2D eigenvalue weighted by Crippen LogP contribution is 2.45. The Morgan fingerprint density at radius 2 is 0.638 bits per heavy atom. The highest BCUT2D eigenvalue weighted by Gasteiger charge is 2.26. The molecule has 0 fully saturated rings. The van der Waals surface area contributed by atoms with Gasteiger partial charge in [0.05, 0.1) is 73.9 Å². The first-order chi connectivity index (χ1) is 38.0. The van der Waals surface area contributed by atoms with Gasteiger partial charge >= 0.3 is 0 Å². The molecular formula is C64H41N5. The van der Waals surface area contributed by atoms with Crippen LogP contribution in [0, 0.1) is 0 Å². The maximum Gasteiger partial charge on any atom is 0.160 e. The Bertz CT molecular complexity index is 4510. The molecule has 10 aromatic carbocycles.